The number of benzene rings is 3. The number of carbonyl (C=O) groups excluding carboxylic acids is 4. The number of aliphatic hydroxyl groups excluding tert-OH is 1. The molecule has 3 aromatic carbocycles. The van der Waals surface area contributed by atoms with Crippen LogP contribution in [-0.2, 0) is 25.6 Å². The fourth-order valence-corrected chi connectivity index (χ4v) is 11.8. The van der Waals surface area contributed by atoms with Gasteiger partial charge in [0.25, 0.3) is 0 Å². The SMILES string of the molecule is Cc1cc(N(CCN(C)C(=O)CCCC(=O)N[C@H](C(=O)N2C[C@H](O)C[C@H]2C(=O)N[C@@H](C)c2ccc(-c3scnc3C)cc2)C(C)(C)C)c2nc(C(=O)O)c(CCCOc3ccccc3F)s2)nnc1Nc1nc2ccccc2s1. The zero-order valence-electron chi connectivity index (χ0n) is 45.0. The molecular formula is C56H64FN11O8S3. The second-order valence-corrected chi connectivity index (χ2v) is 23.5. The summed E-state index contributed by atoms with van der Waals surface area (Å²) in [6.07, 6.45) is -0.173. The fraction of sp³-hybridized carbons (Fsp3) is 0.393. The van der Waals surface area contributed by atoms with Crippen molar-refractivity contribution in [3.05, 3.63) is 118 Å². The van der Waals surface area contributed by atoms with E-state index in [1.165, 1.54) is 33.3 Å². The number of halogens is 1. The van der Waals surface area contributed by atoms with Gasteiger partial charge >= 0.3 is 5.97 Å². The summed E-state index contributed by atoms with van der Waals surface area (Å²) in [7, 11) is 1.63. The van der Waals surface area contributed by atoms with Gasteiger partial charge in [-0.05, 0) is 92.5 Å². The normalized spacial score (nSPS) is 15.1. The summed E-state index contributed by atoms with van der Waals surface area (Å²) in [4.78, 5) is 87.6. The molecule has 5 heterocycles. The van der Waals surface area contributed by atoms with Crippen molar-refractivity contribution in [1.29, 1.82) is 0 Å². The molecule has 0 aliphatic carbocycles. The highest BCUT2D eigenvalue weighted by Gasteiger charge is 2.45. The molecule has 1 fully saturated rings. The molecule has 4 amide bonds. The van der Waals surface area contributed by atoms with Crippen LogP contribution in [-0.4, -0.2) is 126 Å². The number of nitrogens with one attached hydrogen (secondary N) is 3. The predicted molar refractivity (Wildman–Crippen MR) is 304 cm³/mol. The third-order valence-corrected chi connectivity index (χ3v) is 16.5. The van der Waals surface area contributed by atoms with Gasteiger partial charge in [-0.15, -0.1) is 32.9 Å². The minimum absolute atomic E-state index is 0.00499. The van der Waals surface area contributed by atoms with Gasteiger partial charge in [0, 0.05) is 50.8 Å². The molecule has 4 atom stereocenters. The van der Waals surface area contributed by atoms with Gasteiger partial charge in [0.15, 0.2) is 39.2 Å². The molecule has 23 heteroatoms. The van der Waals surface area contributed by atoms with Crippen LogP contribution < -0.4 is 25.6 Å². The minimum atomic E-state index is -1.23. The Morgan fingerprint density at radius 3 is 2.37 bits per heavy atom. The molecule has 0 radical (unpaired) electrons. The van der Waals surface area contributed by atoms with Crippen LogP contribution in [0.25, 0.3) is 20.7 Å². The molecule has 79 heavy (non-hydrogen) atoms. The molecule has 4 aromatic heterocycles. The highest BCUT2D eigenvalue weighted by Crippen LogP contribution is 2.35. The topological polar surface area (TPSA) is 245 Å². The van der Waals surface area contributed by atoms with Gasteiger partial charge in [0.1, 0.15) is 12.1 Å². The van der Waals surface area contributed by atoms with Gasteiger partial charge in [0.2, 0.25) is 23.6 Å². The number of para-hydroxylation sites is 2. The number of aromatic carboxylic acids is 1. The van der Waals surface area contributed by atoms with E-state index in [2.05, 4.69) is 41.1 Å². The number of β-amino-alcohol motifs (C(OH)–C–C–N with tert-alkyl or cyclic N) is 1. The number of carbonyl (C=O) groups is 5. The predicted octanol–water partition coefficient (Wildman–Crippen LogP) is 9.01. The first kappa shape index (κ1) is 57.7. The van der Waals surface area contributed by atoms with E-state index in [4.69, 9.17) is 4.74 Å². The molecule has 1 aliphatic rings. The number of ether oxygens (including phenoxy) is 1. The number of likely N-dealkylation sites (N-methyl/N-ethyl adjacent to an activating group) is 1. The number of hydrogen-bond donors (Lipinski definition) is 5. The van der Waals surface area contributed by atoms with E-state index in [1.807, 2.05) is 69.3 Å². The first-order valence-electron chi connectivity index (χ1n) is 25.9. The van der Waals surface area contributed by atoms with Crippen molar-refractivity contribution >= 4 is 95.7 Å². The first-order valence-corrected chi connectivity index (χ1v) is 28.4. The lowest BCUT2D eigenvalue weighted by Crippen LogP contribution is -2.57. The molecule has 1 saturated heterocycles. The number of fused-ring (bicyclic) bond motifs is 1. The molecule has 0 bridgehead atoms. The van der Waals surface area contributed by atoms with E-state index in [1.54, 1.807) is 67.8 Å². The number of hydrogen-bond acceptors (Lipinski definition) is 17. The summed E-state index contributed by atoms with van der Waals surface area (Å²) in [6.45, 7) is 11.4. The number of amides is 4. The van der Waals surface area contributed by atoms with Gasteiger partial charge < -0.3 is 40.7 Å². The van der Waals surface area contributed by atoms with Crippen LogP contribution in [0.3, 0.4) is 0 Å². The Bertz CT molecular complexity index is 3270. The van der Waals surface area contributed by atoms with Gasteiger partial charge in [0.05, 0.1) is 45.1 Å². The standard InChI is InChI=1S/C56H64FN11O8S3/c1-32-28-44(64-65-50(32)63-54-60-39-15-9-11-17-42(39)78-54)67(55-62-47(53(74)75)43(79-55)18-13-27-76-41-16-10-8-14-38(41)57)26-25-66(7)46(71)20-12-19-45(70)61-49(56(4,5)6)52(73)68-30-37(69)29-40(68)51(72)59-33(2)35-21-23-36(24-22-35)48-34(3)58-31-77-48/h8-11,14-17,21-24,28,31,33,37,40,49,69H,12-13,18-20,25-27,29-30H2,1-7H3,(H,59,72)(H,61,70)(H,74,75)(H,60,63,65)/t33-,37+,40-,49+/m0/s1. The summed E-state index contributed by atoms with van der Waals surface area (Å²) < 4.78 is 20.8. The molecule has 5 N–H and O–H groups in total. The molecule has 7 aromatic rings. The van der Waals surface area contributed by atoms with Crippen LogP contribution in [0.15, 0.2) is 84.4 Å². The number of aromatic nitrogens is 5. The van der Waals surface area contributed by atoms with E-state index in [0.717, 1.165) is 43.3 Å². The van der Waals surface area contributed by atoms with Crippen LogP contribution in [0.4, 0.5) is 26.3 Å². The summed E-state index contributed by atoms with van der Waals surface area (Å²) >= 11 is 4.18. The molecule has 8 rings (SSSR count). The number of aryl methyl sites for hydroxylation is 3. The van der Waals surface area contributed by atoms with Crippen molar-refractivity contribution < 1.29 is 43.3 Å². The third kappa shape index (κ3) is 14.4. The monoisotopic (exact) mass is 1130 g/mol. The number of aliphatic hydroxyl groups is 1. The molecule has 19 nitrogen and oxygen atoms in total. The van der Waals surface area contributed by atoms with Crippen molar-refractivity contribution in [1.82, 2.24) is 45.6 Å². The van der Waals surface area contributed by atoms with Crippen LogP contribution >= 0.6 is 34.0 Å². The maximum atomic E-state index is 14.3. The van der Waals surface area contributed by atoms with Crippen molar-refractivity contribution in [3.63, 3.8) is 0 Å². The molecular weight excluding hydrogens is 1070 g/mol. The van der Waals surface area contributed by atoms with E-state index >= 15 is 0 Å². The number of carboxylic acid groups (broad SMARTS) is 1. The maximum absolute atomic E-state index is 14.3. The molecule has 416 valence electrons. The van der Waals surface area contributed by atoms with Crippen LogP contribution in [0.2, 0.25) is 0 Å². The second-order valence-electron chi connectivity index (χ2n) is 20.5. The Balaban J connectivity index is 0.889. The number of thiazole rings is 3. The second kappa shape index (κ2) is 25.5. The number of nitrogens with zero attached hydrogens (tertiary/aromatic N) is 8. The highest BCUT2D eigenvalue weighted by atomic mass is 32.1. The van der Waals surface area contributed by atoms with E-state index < -0.39 is 59.2 Å². The maximum Gasteiger partial charge on any atom is 0.355 e. The Labute approximate surface area is 469 Å². The largest absolute Gasteiger partial charge is 0.491 e. The van der Waals surface area contributed by atoms with Gasteiger partial charge in [-0.25, -0.2) is 24.1 Å². The zero-order valence-corrected chi connectivity index (χ0v) is 47.4. The fourth-order valence-electron chi connectivity index (χ4n) is 9.04. The molecule has 0 spiro atoms. The average molecular weight is 1130 g/mol. The quantitative estimate of drug-likeness (QED) is 0.0375. The zero-order chi connectivity index (χ0) is 56.5. The van der Waals surface area contributed by atoms with Crippen LogP contribution in [0.5, 0.6) is 5.75 Å². The van der Waals surface area contributed by atoms with E-state index in [9.17, 15) is 38.6 Å². The Morgan fingerprint density at radius 1 is 0.924 bits per heavy atom. The average Bonchev–Trinajstić information content (AvgIpc) is 4.25. The smallest absolute Gasteiger partial charge is 0.355 e. The number of likely N-dealkylation sites (tertiary alicyclic amines) is 1. The first-order chi connectivity index (χ1) is 37.7. The van der Waals surface area contributed by atoms with Crippen molar-refractivity contribution in [2.45, 2.75) is 104 Å². The van der Waals surface area contributed by atoms with Crippen LogP contribution in [0.1, 0.15) is 98.0 Å². The third-order valence-electron chi connectivity index (χ3n) is 13.5. The Kier molecular flexibility index (Phi) is 18.7. The number of anilines is 4. The molecule has 1 aliphatic heterocycles. The highest BCUT2D eigenvalue weighted by molar-refractivity contribution is 7.22. The van der Waals surface area contributed by atoms with Crippen molar-refractivity contribution in [2.24, 2.45) is 5.41 Å². The van der Waals surface area contributed by atoms with Gasteiger partial charge in [-0.2, -0.15) is 0 Å². The Morgan fingerprint density at radius 2 is 1.67 bits per heavy atom. The van der Waals surface area contributed by atoms with Crippen LogP contribution in [0, 0.1) is 25.1 Å². The summed E-state index contributed by atoms with van der Waals surface area (Å²) in [5, 5.41) is 40.1. The lowest BCUT2D eigenvalue weighted by Gasteiger charge is -2.35. The lowest BCUT2D eigenvalue weighted by atomic mass is 9.85. The minimum Gasteiger partial charge on any atom is -0.491 e. The summed E-state index contributed by atoms with van der Waals surface area (Å²) in [5.41, 5.74) is 5.23. The molecule has 0 unspecified atom stereocenters. The van der Waals surface area contributed by atoms with E-state index in [0.29, 0.717) is 38.8 Å². The number of rotatable bonds is 23. The summed E-state index contributed by atoms with van der Waals surface area (Å²) in [6, 6.07) is 21.0. The van der Waals surface area contributed by atoms with Gasteiger partial charge in [-0.1, -0.05) is 80.6 Å². The number of carboxylic acids is 1. The van der Waals surface area contributed by atoms with Crippen molar-refractivity contribution in [3.8, 4) is 16.2 Å². The molecule has 0 saturated carbocycles. The van der Waals surface area contributed by atoms with Crippen molar-refractivity contribution in [2.75, 3.05) is 43.5 Å². The lowest BCUT2D eigenvalue weighted by molar-refractivity contribution is -0.144. The summed E-state index contributed by atoms with van der Waals surface area (Å²) in [5.74, 6) is -2.45. The Hall–Kier alpha value is -7.47. The van der Waals surface area contributed by atoms with E-state index in [-0.39, 0.29) is 75.7 Å². The van der Waals surface area contributed by atoms with Gasteiger partial charge in [-0.3, -0.25) is 24.1 Å².